The highest BCUT2D eigenvalue weighted by molar-refractivity contribution is 6.34. The van der Waals surface area contributed by atoms with Gasteiger partial charge in [-0.05, 0) is 48.7 Å². The lowest BCUT2D eigenvalue weighted by Crippen LogP contribution is -2.25. The predicted octanol–water partition coefficient (Wildman–Crippen LogP) is 4.27. The summed E-state index contributed by atoms with van der Waals surface area (Å²) in [4.78, 5) is 31.4. The summed E-state index contributed by atoms with van der Waals surface area (Å²) in [6.45, 7) is 2.45. The molecule has 0 radical (unpaired) electrons. The lowest BCUT2D eigenvalue weighted by atomic mass is 10.1. The number of carbonyl (C=O) groups is 2. The van der Waals surface area contributed by atoms with E-state index in [1.165, 1.54) is 10.9 Å². The molecule has 2 aromatic carbocycles. The van der Waals surface area contributed by atoms with E-state index in [0.717, 1.165) is 34.4 Å². The average Bonchev–Trinajstić information content (AvgIpc) is 3.45. The third-order valence-electron chi connectivity index (χ3n) is 5.65. The Balaban J connectivity index is 1.29. The maximum Gasteiger partial charge on any atom is 0.267 e. The smallest absolute Gasteiger partial charge is 0.267 e. The van der Waals surface area contributed by atoms with E-state index >= 15 is 0 Å². The van der Waals surface area contributed by atoms with Gasteiger partial charge in [-0.1, -0.05) is 36.4 Å². The second-order valence-corrected chi connectivity index (χ2v) is 7.70. The van der Waals surface area contributed by atoms with Gasteiger partial charge in [0.1, 0.15) is 5.69 Å². The zero-order valence-electron chi connectivity index (χ0n) is 17.1. The topological polar surface area (TPSA) is 89.8 Å². The monoisotopic (exact) mass is 410 g/mol. The van der Waals surface area contributed by atoms with Crippen LogP contribution in [0.3, 0.4) is 0 Å². The van der Waals surface area contributed by atoms with Crippen LogP contribution >= 0.6 is 0 Å². The van der Waals surface area contributed by atoms with Crippen LogP contribution in [0.4, 0.5) is 5.69 Å². The third-order valence-corrected chi connectivity index (χ3v) is 5.65. The van der Waals surface area contributed by atoms with E-state index in [9.17, 15) is 9.59 Å². The normalized spacial score (nSPS) is 14.1. The molecule has 0 bridgehead atoms. The van der Waals surface area contributed by atoms with Gasteiger partial charge in [-0.15, -0.1) is 0 Å². The zero-order valence-corrected chi connectivity index (χ0v) is 17.1. The van der Waals surface area contributed by atoms with Gasteiger partial charge >= 0.3 is 0 Å². The predicted molar refractivity (Wildman–Crippen MR) is 123 cm³/mol. The van der Waals surface area contributed by atoms with Crippen molar-refractivity contribution in [2.45, 2.75) is 13.3 Å². The highest BCUT2D eigenvalue weighted by Gasteiger charge is 2.24. The van der Waals surface area contributed by atoms with Gasteiger partial charge in [-0.2, -0.15) is 0 Å². The van der Waals surface area contributed by atoms with E-state index in [0.29, 0.717) is 17.8 Å². The number of rotatable bonds is 5. The molecule has 5 rings (SSSR count). The van der Waals surface area contributed by atoms with Crippen molar-refractivity contribution in [2.75, 3.05) is 11.9 Å². The highest BCUT2D eigenvalue weighted by Crippen LogP contribution is 2.33. The highest BCUT2D eigenvalue weighted by atomic mass is 16.2. The second-order valence-electron chi connectivity index (χ2n) is 7.70. The first-order chi connectivity index (χ1) is 15.1. The summed E-state index contributed by atoms with van der Waals surface area (Å²) in [5.74, 6) is -0.302. The molecule has 0 unspecified atom stereocenters. The van der Waals surface area contributed by atoms with Crippen LogP contribution in [0.1, 0.15) is 32.9 Å². The zero-order chi connectivity index (χ0) is 21.4. The summed E-state index contributed by atoms with van der Waals surface area (Å²) in [7, 11) is 0. The third kappa shape index (κ3) is 3.53. The average molecular weight is 410 g/mol. The summed E-state index contributed by atoms with van der Waals surface area (Å²) >= 11 is 0. The molecular formula is C25H22N4O2. The fraction of sp³-hybridized carbons (Fsp3) is 0.120. The molecule has 2 aromatic heterocycles. The van der Waals surface area contributed by atoms with Crippen molar-refractivity contribution in [1.82, 2.24) is 15.3 Å². The van der Waals surface area contributed by atoms with E-state index in [-0.39, 0.29) is 11.8 Å². The molecule has 0 saturated carbocycles. The Morgan fingerprint density at radius 2 is 1.90 bits per heavy atom. The molecule has 2 amide bonds. The first kappa shape index (κ1) is 18.9. The van der Waals surface area contributed by atoms with E-state index in [2.05, 4.69) is 26.7 Å². The van der Waals surface area contributed by atoms with Crippen molar-refractivity contribution in [3.63, 3.8) is 0 Å². The number of aromatic amines is 2. The van der Waals surface area contributed by atoms with Crippen LogP contribution in [-0.4, -0.2) is 28.3 Å². The van der Waals surface area contributed by atoms with Gasteiger partial charge in [0.15, 0.2) is 0 Å². The molecular weight excluding hydrogens is 388 g/mol. The Labute approximate surface area is 179 Å². The number of amides is 2. The standard InChI is InChI=1S/C25H22N4O2/c1-15-12-23(25(31)26-11-10-16-14-27-20-8-4-2-6-17(16)20)28-22(15)13-19-18-7-3-5-9-21(18)29-24(19)30/h2-9,12-14,27-28H,10-11H2,1H3,(H,26,31)(H,29,30). The van der Waals surface area contributed by atoms with Crippen molar-refractivity contribution in [3.05, 3.63) is 88.9 Å². The van der Waals surface area contributed by atoms with Crippen LogP contribution in [0.25, 0.3) is 22.6 Å². The summed E-state index contributed by atoms with van der Waals surface area (Å²) in [5.41, 5.74) is 6.68. The Bertz CT molecular complexity index is 1340. The molecule has 3 heterocycles. The molecule has 0 aliphatic carbocycles. The number of hydrogen-bond donors (Lipinski definition) is 4. The summed E-state index contributed by atoms with van der Waals surface area (Å²) in [5, 5.41) is 7.02. The fourth-order valence-corrected chi connectivity index (χ4v) is 4.02. The van der Waals surface area contributed by atoms with Crippen molar-refractivity contribution in [1.29, 1.82) is 0 Å². The lowest BCUT2D eigenvalue weighted by Gasteiger charge is -2.03. The number of carbonyl (C=O) groups excluding carboxylic acids is 2. The van der Waals surface area contributed by atoms with Gasteiger partial charge < -0.3 is 20.6 Å². The van der Waals surface area contributed by atoms with E-state index in [4.69, 9.17) is 0 Å². The van der Waals surface area contributed by atoms with Crippen LogP contribution in [0.5, 0.6) is 0 Å². The van der Waals surface area contributed by atoms with Gasteiger partial charge in [-0.25, -0.2) is 0 Å². The number of aryl methyl sites for hydroxylation is 1. The van der Waals surface area contributed by atoms with E-state index in [1.54, 1.807) is 6.08 Å². The number of hydrogen-bond acceptors (Lipinski definition) is 2. The number of para-hydroxylation sites is 2. The molecule has 6 heteroatoms. The molecule has 31 heavy (non-hydrogen) atoms. The number of aromatic nitrogens is 2. The molecule has 6 nitrogen and oxygen atoms in total. The first-order valence-corrected chi connectivity index (χ1v) is 10.3. The summed E-state index contributed by atoms with van der Waals surface area (Å²) in [6, 6.07) is 17.5. The van der Waals surface area contributed by atoms with Gasteiger partial charge in [0, 0.05) is 40.6 Å². The van der Waals surface area contributed by atoms with Crippen LogP contribution in [0, 0.1) is 6.92 Å². The van der Waals surface area contributed by atoms with Gasteiger partial charge in [0.25, 0.3) is 11.8 Å². The number of H-pyrrole nitrogens is 2. The Hall–Kier alpha value is -4.06. The largest absolute Gasteiger partial charge is 0.361 e. The lowest BCUT2D eigenvalue weighted by molar-refractivity contribution is -0.110. The minimum atomic E-state index is -0.163. The first-order valence-electron chi connectivity index (χ1n) is 10.3. The Kier molecular flexibility index (Phi) is 4.67. The minimum Gasteiger partial charge on any atom is -0.361 e. The quantitative estimate of drug-likeness (QED) is 0.370. The van der Waals surface area contributed by atoms with Crippen LogP contribution in [0.2, 0.25) is 0 Å². The maximum atomic E-state index is 12.7. The second kappa shape index (κ2) is 7.65. The SMILES string of the molecule is Cc1cc(C(=O)NCCc2c[nH]c3ccccc23)[nH]c1C=C1C(=O)Nc2ccccc21. The number of nitrogens with one attached hydrogen (secondary N) is 4. The molecule has 0 fully saturated rings. The molecule has 1 aliphatic rings. The fourth-order valence-electron chi connectivity index (χ4n) is 4.02. The van der Waals surface area contributed by atoms with Crippen LogP contribution in [0.15, 0.2) is 60.8 Å². The van der Waals surface area contributed by atoms with Crippen molar-refractivity contribution in [2.24, 2.45) is 0 Å². The number of fused-ring (bicyclic) bond motifs is 2. The molecule has 4 aromatic rings. The van der Waals surface area contributed by atoms with Crippen molar-refractivity contribution in [3.8, 4) is 0 Å². The number of benzene rings is 2. The van der Waals surface area contributed by atoms with Gasteiger partial charge in [0.05, 0.1) is 5.57 Å². The maximum absolute atomic E-state index is 12.7. The van der Waals surface area contributed by atoms with Crippen LogP contribution < -0.4 is 10.6 Å². The van der Waals surface area contributed by atoms with Crippen LogP contribution in [-0.2, 0) is 11.2 Å². The molecule has 0 spiro atoms. The van der Waals surface area contributed by atoms with Crippen molar-refractivity contribution >= 4 is 40.1 Å². The molecule has 0 atom stereocenters. The molecule has 4 N–H and O–H groups in total. The number of anilines is 1. The Morgan fingerprint density at radius 1 is 1.10 bits per heavy atom. The van der Waals surface area contributed by atoms with Crippen molar-refractivity contribution < 1.29 is 9.59 Å². The Morgan fingerprint density at radius 3 is 2.81 bits per heavy atom. The minimum absolute atomic E-state index is 0.139. The summed E-state index contributed by atoms with van der Waals surface area (Å²) < 4.78 is 0. The molecule has 154 valence electrons. The van der Waals surface area contributed by atoms with Gasteiger partial charge in [-0.3, -0.25) is 9.59 Å². The molecule has 0 saturated heterocycles. The van der Waals surface area contributed by atoms with E-state index in [1.807, 2.05) is 61.7 Å². The molecule has 1 aliphatic heterocycles. The van der Waals surface area contributed by atoms with E-state index < -0.39 is 0 Å². The van der Waals surface area contributed by atoms with Gasteiger partial charge in [0.2, 0.25) is 0 Å². The summed E-state index contributed by atoms with van der Waals surface area (Å²) in [6.07, 6.45) is 4.53.